The van der Waals surface area contributed by atoms with Gasteiger partial charge in [0.15, 0.2) is 34.7 Å². The number of Topliss-reactive ketones (excluding diaryl/α,β-unsaturated/α-hetero) is 8. The predicted octanol–water partition coefficient (Wildman–Crippen LogP) is 3.72. The third-order valence-corrected chi connectivity index (χ3v) is 24.5. The van der Waals surface area contributed by atoms with Crippen molar-refractivity contribution >= 4 is 123 Å². The summed E-state index contributed by atoms with van der Waals surface area (Å²) in [5.74, 6) is -29.9. The molecule has 18 N–H and O–H groups in total. The average molecular weight is 1890 g/mol. The number of ketones is 8. The van der Waals surface area contributed by atoms with Crippen LogP contribution in [0.5, 0.6) is 11.5 Å². The van der Waals surface area contributed by atoms with Crippen LogP contribution in [0.1, 0.15) is 197 Å². The van der Waals surface area contributed by atoms with Gasteiger partial charge in [-0.3, -0.25) is 91.1 Å². The number of unbranched alkanes of at least 4 members (excludes halogenated alkanes) is 1. The maximum atomic E-state index is 14.9. The predicted molar refractivity (Wildman–Crippen MR) is 489 cm³/mol. The Labute approximate surface area is 782 Å². The molecule has 5 rings (SSSR count). The number of phenols is 2. The van der Waals surface area contributed by atoms with E-state index in [9.17, 15) is 137 Å². The van der Waals surface area contributed by atoms with Crippen molar-refractivity contribution in [2.45, 2.75) is 238 Å². The van der Waals surface area contributed by atoms with Crippen LogP contribution in [0.4, 0.5) is 0 Å². The molecule has 16 atom stereocenters. The molecule has 4 aromatic carbocycles. The van der Waals surface area contributed by atoms with Crippen molar-refractivity contribution in [3.63, 3.8) is 0 Å². The highest BCUT2D eigenvalue weighted by Crippen LogP contribution is 2.28. The summed E-state index contributed by atoms with van der Waals surface area (Å²) >= 11 is 0.996. The molecule has 1 heterocycles. The fourth-order valence-corrected chi connectivity index (χ4v) is 16.3. The highest BCUT2D eigenvalue weighted by molar-refractivity contribution is 8.00. The molecular formula is C96H131N9O28S. The summed E-state index contributed by atoms with van der Waals surface area (Å²) in [4.78, 5) is 262. The van der Waals surface area contributed by atoms with Crippen LogP contribution in [0, 0.1) is 53.3 Å². The van der Waals surface area contributed by atoms with E-state index in [1.54, 1.807) is 82.0 Å². The van der Waals surface area contributed by atoms with Crippen molar-refractivity contribution < 1.29 is 137 Å². The van der Waals surface area contributed by atoms with Gasteiger partial charge in [0.25, 0.3) is 5.91 Å². The van der Waals surface area contributed by atoms with Crippen molar-refractivity contribution in [2.75, 3.05) is 44.4 Å². The minimum Gasteiger partial charge on any atom is -0.508 e. The minimum absolute atomic E-state index is 0.0251. The maximum absolute atomic E-state index is 14.9. The van der Waals surface area contributed by atoms with Crippen LogP contribution in [-0.2, 0) is 112 Å². The molecule has 38 heteroatoms. The number of aliphatic hydroxyl groups is 4. The zero-order valence-electron chi connectivity index (χ0n) is 76.9. The fourth-order valence-electron chi connectivity index (χ4n) is 15.5. The van der Waals surface area contributed by atoms with Crippen molar-refractivity contribution in [3.8, 4) is 11.5 Å². The van der Waals surface area contributed by atoms with Crippen LogP contribution in [0.2, 0.25) is 0 Å². The maximum Gasteiger partial charge on any atom is 0.304 e. The molecule has 0 unspecified atom stereocenters. The molecule has 1 aliphatic heterocycles. The third-order valence-electron chi connectivity index (χ3n) is 23.5. The Morgan fingerprint density at radius 2 is 0.910 bits per heavy atom. The van der Waals surface area contributed by atoms with Gasteiger partial charge in [0, 0.05) is 94.3 Å². The van der Waals surface area contributed by atoms with Crippen LogP contribution in [0.3, 0.4) is 0 Å². The molecule has 0 spiro atoms. The lowest BCUT2D eigenvalue weighted by Crippen LogP contribution is -2.52. The number of nitrogens with zero attached hydrogens (tertiary/aromatic N) is 1. The number of hydrogen-bond donors (Lipinski definition) is 17. The first-order valence-corrected chi connectivity index (χ1v) is 46.4. The molecule has 0 saturated heterocycles. The van der Waals surface area contributed by atoms with Gasteiger partial charge < -0.3 is 93.8 Å². The van der Waals surface area contributed by atoms with Gasteiger partial charge in [-0.2, -0.15) is 0 Å². The van der Waals surface area contributed by atoms with Crippen LogP contribution in [0.15, 0.2) is 103 Å². The molecule has 0 saturated carbocycles. The number of carboxylic acid groups (broad SMARTS) is 3. The molecule has 134 heavy (non-hydrogen) atoms. The molecule has 4 aromatic rings. The quantitative estimate of drug-likeness (QED) is 0.0280. The number of thioether (sulfide) groups is 1. The number of nitrogens with one attached hydrogen (secondary N) is 7. The summed E-state index contributed by atoms with van der Waals surface area (Å²) in [6, 6.07) is 17.6. The number of hydrogen-bond acceptors (Lipinski definition) is 27. The van der Waals surface area contributed by atoms with Crippen LogP contribution < -0.4 is 43.0 Å². The molecule has 0 fully saturated rings. The number of amides is 8. The average Bonchev–Trinajstić information content (AvgIpc) is 1.62. The highest BCUT2D eigenvalue weighted by atomic mass is 32.2. The number of carbonyl (C=O) groups is 19. The smallest absolute Gasteiger partial charge is 0.304 e. The van der Waals surface area contributed by atoms with Gasteiger partial charge in [-0.1, -0.05) is 113 Å². The Kier molecular flexibility index (Phi) is 48.5. The molecule has 0 aromatic heterocycles. The number of aliphatic hydroxyl groups excluding tert-OH is 4. The number of aromatic hydroxyl groups is 2. The second-order valence-electron chi connectivity index (χ2n) is 35.1. The number of rotatable bonds is 67. The molecule has 8 amide bonds. The lowest BCUT2D eigenvalue weighted by molar-refractivity contribution is -0.143. The van der Waals surface area contributed by atoms with Crippen molar-refractivity contribution in [3.05, 3.63) is 131 Å². The third kappa shape index (κ3) is 39.4. The first kappa shape index (κ1) is 113. The Bertz CT molecular complexity index is 4680. The Morgan fingerprint density at radius 1 is 0.433 bits per heavy atom. The summed E-state index contributed by atoms with van der Waals surface area (Å²) in [6.07, 6.45) is -9.60. The van der Waals surface area contributed by atoms with E-state index in [4.69, 9.17) is 5.73 Å². The van der Waals surface area contributed by atoms with Crippen molar-refractivity contribution in [2.24, 2.45) is 59.0 Å². The van der Waals surface area contributed by atoms with E-state index in [0.717, 1.165) is 31.2 Å². The number of nitrogens with two attached hydrogens (primary N) is 1. The number of carbonyl (C=O) groups excluding carboxylic acids is 16. The van der Waals surface area contributed by atoms with E-state index in [0.29, 0.717) is 62.0 Å². The number of phenolic OH excluding ortho intramolecular Hbond substituents is 2. The van der Waals surface area contributed by atoms with Crippen LogP contribution in [-0.4, -0.2) is 255 Å². The van der Waals surface area contributed by atoms with Crippen molar-refractivity contribution in [1.29, 1.82) is 0 Å². The summed E-state index contributed by atoms with van der Waals surface area (Å²) in [5.41, 5.74) is 8.28. The molecule has 734 valence electrons. The Morgan fingerprint density at radius 3 is 1.45 bits per heavy atom. The fraction of sp³-hybridized carbons (Fsp3) is 0.552. The van der Waals surface area contributed by atoms with E-state index >= 15 is 0 Å². The topological polar surface area (TPSA) is 620 Å². The molecule has 0 bridgehead atoms. The summed E-state index contributed by atoms with van der Waals surface area (Å²) in [7, 11) is 0. The van der Waals surface area contributed by atoms with Gasteiger partial charge in [0.05, 0.1) is 110 Å². The monoisotopic (exact) mass is 1890 g/mol. The molecule has 0 radical (unpaired) electrons. The number of benzene rings is 4. The molecule has 1 aliphatic rings. The van der Waals surface area contributed by atoms with Gasteiger partial charge in [-0.15, -0.1) is 11.8 Å². The second-order valence-corrected chi connectivity index (χ2v) is 36.1. The summed E-state index contributed by atoms with van der Waals surface area (Å²) < 4.78 is 0. The van der Waals surface area contributed by atoms with Gasteiger partial charge in [0.1, 0.15) is 29.1 Å². The lowest BCUT2D eigenvalue weighted by Gasteiger charge is -2.28. The summed E-state index contributed by atoms with van der Waals surface area (Å²) in [5, 5.41) is 111. The zero-order chi connectivity index (χ0) is 99.6. The Hall–Kier alpha value is -11.8. The molecular weight excluding hydrogens is 1760 g/mol. The lowest BCUT2D eigenvalue weighted by atomic mass is 9.85. The molecule has 37 nitrogen and oxygen atoms in total. The van der Waals surface area contributed by atoms with E-state index in [-0.39, 0.29) is 90.7 Å². The SMILES string of the molecule is CC[C@H](C)[C@H](NC(=O)[C@H](CO)CC(=O)[C@H](Cc1ccc(O)cc1)NC(=O)[C@H](CC(=O)O)CC(=O)[C@H](CO)NC(=O)[C@@H](CC(=O)[C@H](Cc1ccccc1)NC(=O)[C@@H](CC(=O)CNC(=O)[C@H](CCC(=O)O)CC(=O)CSCC(=O)CCCN1Cc2ccccc2C1=O)[C@@H](C)O)[C@@H](C)O)C(=O)C[C@@H](Cc1ccc(O)cc1)C(=O)N[C@@H](CC(C)C)C(=O)C[C@@H](CC(=O)O)C(=O)N[C@H](C)CCCCN. The van der Waals surface area contributed by atoms with E-state index in [2.05, 4.69) is 37.2 Å². The van der Waals surface area contributed by atoms with Crippen molar-refractivity contribution in [1.82, 2.24) is 42.1 Å². The highest BCUT2D eigenvalue weighted by Gasteiger charge is 2.41. The van der Waals surface area contributed by atoms with Gasteiger partial charge >= 0.3 is 17.9 Å². The Balaban J connectivity index is 1.28. The van der Waals surface area contributed by atoms with E-state index in [1.807, 2.05) is 12.1 Å². The molecule has 0 aliphatic carbocycles. The number of carboxylic acids is 3. The van der Waals surface area contributed by atoms with E-state index < -0.39 is 280 Å². The van der Waals surface area contributed by atoms with Gasteiger partial charge in [-0.05, 0) is 143 Å². The number of aliphatic carboxylic acids is 3. The van der Waals surface area contributed by atoms with Gasteiger partial charge in [-0.25, -0.2) is 0 Å². The van der Waals surface area contributed by atoms with Crippen LogP contribution >= 0.6 is 11.8 Å². The first-order chi connectivity index (χ1) is 63.4. The number of fused-ring (bicyclic) bond motifs is 1. The second kappa shape index (κ2) is 57.7. The standard InChI is InChI=1S/C96H131N9O28S/c1-8-55(4)88(84(119)42-64(36-60-23-28-68(110)29-24-60)91(128)100-76(35-54(2)3)80(115)40-65(44-86(122)123)90(127)99-56(5)17-14-15-33-97)104-93(130)67(50-106)43-81(116)77(38-61-25-30-69(111)31-26-61)101-92(129)66(45-87(124)125)41-82(117)79(51-107)103-95(132)75(58(7)109)47-83(118)78(37-59-18-10-9-11-19-59)102-94(131)74(57(6)108)46-71(113)48-98-89(126)62(27-32-85(120)121)39-72(114)53-134-52-70(112)21-16-34-105-49-63-20-12-13-22-73(63)96(105)133/h9-13,18-20,22-26,28-31,54-58,62,64-67,74-79,88,106-111H,8,14-17,21,27,32-53,97H2,1-7H3,(H,98,126)(H,99,127)(H,100,128)(H,101,129)(H,102,131)(H,103,132)(H,104,130)(H,120,121)(H,122,123)(H,124,125)/t55-,56+,57+,58+,62+,64+,65-,66-,67-,74-,75-,76-,77-,78-,79-,88-/m0/s1. The van der Waals surface area contributed by atoms with E-state index in [1.165, 1.54) is 48.5 Å². The van der Waals surface area contributed by atoms with Crippen LogP contribution in [0.25, 0.3) is 0 Å². The normalized spacial score (nSPS) is 15.4. The minimum atomic E-state index is -1.99. The zero-order valence-corrected chi connectivity index (χ0v) is 77.7. The van der Waals surface area contributed by atoms with Gasteiger partial charge in [0.2, 0.25) is 41.4 Å². The largest absolute Gasteiger partial charge is 0.508 e. The first-order valence-electron chi connectivity index (χ1n) is 45.2. The summed E-state index contributed by atoms with van der Waals surface area (Å²) in [6.45, 7) is 8.95.